The molecule has 0 spiro atoms. The zero-order valence-electron chi connectivity index (χ0n) is 20.0. The molecule has 3 amide bonds. The lowest BCUT2D eigenvalue weighted by Crippen LogP contribution is -2.57. The van der Waals surface area contributed by atoms with Crippen LogP contribution in [0, 0.1) is 0 Å². The Labute approximate surface area is 214 Å². The fraction of sp³-hybridized carbons (Fsp3) is 0.360. The Hall–Kier alpha value is -3.57. The highest BCUT2D eigenvalue weighted by Crippen LogP contribution is 2.12. The number of phenolic OH excluding ortho intramolecular Hbond substituents is 1. The third-order valence-corrected chi connectivity index (χ3v) is 5.95. The molecule has 0 saturated heterocycles. The monoisotopic (exact) mass is 516 g/mol. The molecular weight excluding hydrogens is 484 g/mol. The van der Waals surface area contributed by atoms with Crippen molar-refractivity contribution in [2.75, 3.05) is 18.6 Å². The van der Waals surface area contributed by atoms with Crippen molar-refractivity contribution >= 4 is 35.5 Å². The van der Waals surface area contributed by atoms with E-state index >= 15 is 0 Å². The van der Waals surface area contributed by atoms with Crippen LogP contribution < -0.4 is 21.7 Å². The van der Waals surface area contributed by atoms with Crippen LogP contribution in [0.5, 0.6) is 5.75 Å². The Kier molecular flexibility index (Phi) is 11.7. The summed E-state index contributed by atoms with van der Waals surface area (Å²) in [4.78, 5) is 49.7. The average molecular weight is 517 g/mol. The minimum atomic E-state index is -1.23. The molecule has 2 aromatic carbocycles. The number of carboxylic acids is 1. The van der Waals surface area contributed by atoms with Gasteiger partial charge in [-0.05, 0) is 41.7 Å². The summed E-state index contributed by atoms with van der Waals surface area (Å²) in [5.41, 5.74) is 7.40. The van der Waals surface area contributed by atoms with E-state index in [-0.39, 0.29) is 18.6 Å². The van der Waals surface area contributed by atoms with Gasteiger partial charge in [-0.15, -0.1) is 0 Å². The molecule has 2 rings (SSSR count). The third-order valence-electron chi connectivity index (χ3n) is 5.31. The molecule has 0 saturated carbocycles. The van der Waals surface area contributed by atoms with E-state index in [9.17, 15) is 24.3 Å². The van der Waals surface area contributed by atoms with Crippen molar-refractivity contribution in [3.63, 3.8) is 0 Å². The van der Waals surface area contributed by atoms with E-state index in [4.69, 9.17) is 10.8 Å². The highest BCUT2D eigenvalue weighted by molar-refractivity contribution is 7.98. The first-order valence-electron chi connectivity index (χ1n) is 11.4. The van der Waals surface area contributed by atoms with Gasteiger partial charge in [0.1, 0.15) is 24.4 Å². The van der Waals surface area contributed by atoms with E-state index in [2.05, 4.69) is 16.0 Å². The van der Waals surface area contributed by atoms with Crippen molar-refractivity contribution in [3.05, 3.63) is 65.7 Å². The number of hydrogen-bond donors (Lipinski definition) is 6. The molecule has 194 valence electrons. The van der Waals surface area contributed by atoms with Crippen LogP contribution >= 0.6 is 11.8 Å². The first-order valence-corrected chi connectivity index (χ1v) is 12.8. The van der Waals surface area contributed by atoms with Crippen molar-refractivity contribution in [2.45, 2.75) is 37.4 Å². The number of aromatic hydroxyl groups is 1. The van der Waals surface area contributed by atoms with Crippen LogP contribution in [0.4, 0.5) is 0 Å². The number of thioether (sulfide) groups is 1. The van der Waals surface area contributed by atoms with E-state index in [1.807, 2.05) is 36.6 Å². The van der Waals surface area contributed by atoms with Gasteiger partial charge in [-0.3, -0.25) is 19.2 Å². The second kappa shape index (κ2) is 14.7. The van der Waals surface area contributed by atoms with Gasteiger partial charge in [-0.2, -0.15) is 11.8 Å². The number of nitrogens with one attached hydrogen (secondary N) is 3. The molecule has 7 N–H and O–H groups in total. The van der Waals surface area contributed by atoms with Crippen LogP contribution in [0.25, 0.3) is 0 Å². The van der Waals surface area contributed by atoms with Crippen molar-refractivity contribution < 1.29 is 29.4 Å². The molecule has 3 atom stereocenters. The van der Waals surface area contributed by atoms with Gasteiger partial charge in [0.25, 0.3) is 0 Å². The number of benzene rings is 2. The zero-order valence-corrected chi connectivity index (χ0v) is 20.8. The zero-order chi connectivity index (χ0) is 26.5. The van der Waals surface area contributed by atoms with Crippen molar-refractivity contribution in [1.82, 2.24) is 16.0 Å². The van der Waals surface area contributed by atoms with Crippen molar-refractivity contribution in [2.24, 2.45) is 5.73 Å². The molecule has 0 fully saturated rings. The minimum absolute atomic E-state index is 0.0384. The maximum absolute atomic E-state index is 13.3. The Morgan fingerprint density at radius 3 is 2.00 bits per heavy atom. The lowest BCUT2D eigenvalue weighted by Gasteiger charge is -2.24. The summed E-state index contributed by atoms with van der Waals surface area (Å²) in [5.74, 6) is -2.29. The molecule has 0 heterocycles. The molecule has 0 aliphatic rings. The summed E-state index contributed by atoms with van der Waals surface area (Å²) >= 11 is 1.55. The van der Waals surface area contributed by atoms with Crippen molar-refractivity contribution in [3.8, 4) is 5.75 Å². The fourth-order valence-electron chi connectivity index (χ4n) is 3.35. The maximum atomic E-state index is 13.3. The molecule has 0 aromatic heterocycles. The molecular formula is C25H32N4O6S. The standard InChI is InChI=1S/C25H32N4O6S/c1-36-12-11-19(26)23(33)28-21(13-16-5-3-2-4-6-16)25(35)29-20(24(34)27-15-22(31)32)14-17-7-9-18(30)10-8-17/h2-10,19-21,30H,11-15,26H2,1H3,(H,27,34)(H,28,33)(H,29,35)(H,31,32). The van der Waals surface area contributed by atoms with Gasteiger partial charge in [0.05, 0.1) is 6.04 Å². The van der Waals surface area contributed by atoms with Gasteiger partial charge in [0.2, 0.25) is 17.7 Å². The van der Waals surface area contributed by atoms with Gasteiger partial charge in [-0.1, -0.05) is 42.5 Å². The number of amides is 3. The fourth-order valence-corrected chi connectivity index (χ4v) is 3.84. The highest BCUT2D eigenvalue weighted by atomic mass is 32.2. The van der Waals surface area contributed by atoms with Gasteiger partial charge in [0.15, 0.2) is 0 Å². The van der Waals surface area contributed by atoms with E-state index < -0.39 is 48.4 Å². The van der Waals surface area contributed by atoms with Crippen LogP contribution in [0.15, 0.2) is 54.6 Å². The van der Waals surface area contributed by atoms with E-state index in [1.165, 1.54) is 12.1 Å². The molecule has 10 nitrogen and oxygen atoms in total. The Bertz CT molecular complexity index is 1020. The molecule has 3 unspecified atom stereocenters. The highest BCUT2D eigenvalue weighted by Gasteiger charge is 2.28. The van der Waals surface area contributed by atoms with E-state index in [0.717, 1.165) is 5.56 Å². The van der Waals surface area contributed by atoms with Crippen LogP contribution in [-0.2, 0) is 32.0 Å². The van der Waals surface area contributed by atoms with Gasteiger partial charge in [-0.25, -0.2) is 0 Å². The Balaban J connectivity index is 2.22. The van der Waals surface area contributed by atoms with Crippen LogP contribution in [-0.4, -0.2) is 70.6 Å². The number of carbonyl (C=O) groups excluding carboxylic acids is 3. The van der Waals surface area contributed by atoms with Crippen LogP contribution in [0.1, 0.15) is 17.5 Å². The maximum Gasteiger partial charge on any atom is 0.322 e. The quantitative estimate of drug-likeness (QED) is 0.210. The van der Waals surface area contributed by atoms with E-state index in [0.29, 0.717) is 17.7 Å². The Morgan fingerprint density at radius 1 is 0.861 bits per heavy atom. The van der Waals surface area contributed by atoms with Gasteiger partial charge >= 0.3 is 5.97 Å². The average Bonchev–Trinajstić information content (AvgIpc) is 2.86. The second-order valence-electron chi connectivity index (χ2n) is 8.18. The second-order valence-corrected chi connectivity index (χ2v) is 9.17. The third kappa shape index (κ3) is 9.96. The number of hydrogen-bond acceptors (Lipinski definition) is 7. The SMILES string of the molecule is CSCCC(N)C(=O)NC(Cc1ccccc1)C(=O)NC(Cc1ccc(O)cc1)C(=O)NCC(=O)O. The van der Waals surface area contributed by atoms with Gasteiger partial charge < -0.3 is 31.9 Å². The molecule has 2 aromatic rings. The number of rotatable bonds is 14. The summed E-state index contributed by atoms with van der Waals surface area (Å²) in [6, 6.07) is 12.2. The molecule has 11 heteroatoms. The van der Waals surface area contributed by atoms with Gasteiger partial charge in [0, 0.05) is 12.8 Å². The Morgan fingerprint density at radius 2 is 1.42 bits per heavy atom. The van der Waals surface area contributed by atoms with E-state index in [1.54, 1.807) is 23.9 Å². The summed E-state index contributed by atoms with van der Waals surface area (Å²) in [6.07, 6.45) is 2.54. The summed E-state index contributed by atoms with van der Waals surface area (Å²) in [5, 5.41) is 26.1. The minimum Gasteiger partial charge on any atom is -0.508 e. The molecule has 0 aliphatic heterocycles. The van der Waals surface area contributed by atoms with Crippen molar-refractivity contribution in [1.29, 1.82) is 0 Å². The summed E-state index contributed by atoms with van der Waals surface area (Å²) in [7, 11) is 0. The first kappa shape index (κ1) is 28.7. The lowest BCUT2D eigenvalue weighted by atomic mass is 10.0. The molecule has 0 radical (unpaired) electrons. The van der Waals surface area contributed by atoms with Crippen LogP contribution in [0.2, 0.25) is 0 Å². The predicted octanol–water partition coefficient (Wildman–Crippen LogP) is 0.428. The number of phenols is 1. The predicted molar refractivity (Wildman–Crippen MR) is 137 cm³/mol. The number of aliphatic carboxylic acids is 1. The van der Waals surface area contributed by atoms with Crippen LogP contribution in [0.3, 0.4) is 0 Å². The normalized spacial score (nSPS) is 13.2. The number of carboxylic acid groups (broad SMARTS) is 1. The summed E-state index contributed by atoms with van der Waals surface area (Å²) < 4.78 is 0. The summed E-state index contributed by atoms with van der Waals surface area (Å²) in [6.45, 7) is -0.616. The topological polar surface area (TPSA) is 171 Å². The smallest absolute Gasteiger partial charge is 0.322 e. The molecule has 36 heavy (non-hydrogen) atoms. The molecule has 0 bridgehead atoms. The largest absolute Gasteiger partial charge is 0.508 e. The first-order chi connectivity index (χ1) is 17.2. The lowest BCUT2D eigenvalue weighted by molar-refractivity contribution is -0.138. The number of nitrogens with two attached hydrogens (primary N) is 1. The number of carbonyl (C=O) groups is 4. The molecule has 0 aliphatic carbocycles.